The fourth-order valence-corrected chi connectivity index (χ4v) is 2.87. The van der Waals surface area contributed by atoms with E-state index in [1.54, 1.807) is 17.5 Å². The first-order chi connectivity index (χ1) is 9.25. The van der Waals surface area contributed by atoms with Crippen molar-refractivity contribution in [1.29, 1.82) is 0 Å². The Morgan fingerprint density at radius 1 is 1.26 bits per heavy atom. The zero-order valence-electron chi connectivity index (χ0n) is 10.3. The minimum Gasteiger partial charge on any atom is -0.376 e. The maximum Gasteiger partial charge on any atom is 0.0908 e. The van der Waals surface area contributed by atoms with Gasteiger partial charge in [0.1, 0.15) is 0 Å². The molecule has 1 unspecified atom stereocenters. The minimum atomic E-state index is 0.149. The highest BCUT2D eigenvalue weighted by molar-refractivity contribution is 7.07. The van der Waals surface area contributed by atoms with Gasteiger partial charge in [0.05, 0.1) is 27.8 Å². The number of anilines is 1. The lowest BCUT2D eigenvalue weighted by Crippen LogP contribution is -2.07. The van der Waals surface area contributed by atoms with Crippen molar-refractivity contribution in [3.05, 3.63) is 52.1 Å². The smallest absolute Gasteiger partial charge is 0.0908 e. The molecule has 0 aliphatic rings. The van der Waals surface area contributed by atoms with Crippen molar-refractivity contribution in [3.63, 3.8) is 0 Å². The number of halogens is 1. The van der Waals surface area contributed by atoms with Crippen LogP contribution in [0.1, 0.15) is 18.7 Å². The van der Waals surface area contributed by atoms with Crippen LogP contribution in [0.25, 0.3) is 10.9 Å². The number of pyridine rings is 1. The molecule has 0 bridgehead atoms. The number of hydrogen-bond donors (Lipinski definition) is 1. The molecule has 1 aromatic carbocycles. The molecule has 0 saturated carbocycles. The van der Waals surface area contributed by atoms with E-state index in [2.05, 4.69) is 22.2 Å². The van der Waals surface area contributed by atoms with E-state index >= 15 is 0 Å². The zero-order valence-corrected chi connectivity index (χ0v) is 11.9. The summed E-state index contributed by atoms with van der Waals surface area (Å²) in [5.74, 6) is 0. The lowest BCUT2D eigenvalue weighted by atomic mass is 10.1. The molecule has 1 N–H and O–H groups in total. The molecule has 0 saturated heterocycles. The topological polar surface area (TPSA) is 37.8 Å². The van der Waals surface area contributed by atoms with Gasteiger partial charge in [-0.15, -0.1) is 11.3 Å². The van der Waals surface area contributed by atoms with E-state index < -0.39 is 0 Å². The first-order valence-electron chi connectivity index (χ1n) is 5.93. The van der Waals surface area contributed by atoms with E-state index in [-0.39, 0.29) is 6.04 Å². The second kappa shape index (κ2) is 5.15. The second-order valence-corrected chi connectivity index (χ2v) is 5.40. The molecule has 5 heteroatoms. The van der Waals surface area contributed by atoms with Gasteiger partial charge in [-0.05, 0) is 31.2 Å². The first kappa shape index (κ1) is 12.4. The predicted octanol–water partition coefficient (Wildman–Crippen LogP) is 4.52. The molecule has 19 heavy (non-hydrogen) atoms. The van der Waals surface area contributed by atoms with Crippen molar-refractivity contribution in [2.24, 2.45) is 0 Å². The summed E-state index contributed by atoms with van der Waals surface area (Å²) in [4.78, 5) is 8.65. The monoisotopic (exact) mass is 289 g/mol. The van der Waals surface area contributed by atoms with E-state index in [0.717, 1.165) is 22.3 Å². The fraction of sp³-hybridized carbons (Fsp3) is 0.143. The Kier molecular flexibility index (Phi) is 3.36. The van der Waals surface area contributed by atoms with Crippen LogP contribution in [0.3, 0.4) is 0 Å². The van der Waals surface area contributed by atoms with E-state index in [9.17, 15) is 0 Å². The van der Waals surface area contributed by atoms with Crippen LogP contribution in [-0.2, 0) is 0 Å². The summed E-state index contributed by atoms with van der Waals surface area (Å²) in [6, 6.07) is 7.93. The van der Waals surface area contributed by atoms with Crippen LogP contribution in [0.5, 0.6) is 0 Å². The number of nitrogens with one attached hydrogen (secondary N) is 1. The molecular weight excluding hydrogens is 278 g/mol. The molecule has 0 amide bonds. The number of thiazole rings is 1. The van der Waals surface area contributed by atoms with Crippen molar-refractivity contribution in [1.82, 2.24) is 9.97 Å². The average molecular weight is 290 g/mol. The maximum absolute atomic E-state index is 6.16. The van der Waals surface area contributed by atoms with Gasteiger partial charge in [-0.2, -0.15) is 0 Å². The van der Waals surface area contributed by atoms with Crippen molar-refractivity contribution in [2.45, 2.75) is 13.0 Å². The molecule has 1 atom stereocenters. The standard InChI is InChI=1S/C14H12ClN3S/c1-9(13-7-19-8-17-13)18-12-5-4-11(15)14-10(12)3-2-6-16-14/h2-9,18H,1H3. The van der Waals surface area contributed by atoms with Crippen molar-refractivity contribution >= 4 is 39.5 Å². The summed E-state index contributed by atoms with van der Waals surface area (Å²) in [6.45, 7) is 2.09. The minimum absolute atomic E-state index is 0.149. The van der Waals surface area contributed by atoms with E-state index in [4.69, 9.17) is 11.6 Å². The zero-order chi connectivity index (χ0) is 13.2. The lowest BCUT2D eigenvalue weighted by molar-refractivity contribution is 0.852. The van der Waals surface area contributed by atoms with Crippen molar-refractivity contribution < 1.29 is 0 Å². The van der Waals surface area contributed by atoms with Crippen LogP contribution in [0.4, 0.5) is 5.69 Å². The fourth-order valence-electron chi connectivity index (χ4n) is 2.01. The van der Waals surface area contributed by atoms with Crippen LogP contribution >= 0.6 is 22.9 Å². The number of benzene rings is 1. The molecule has 3 rings (SSSR count). The van der Waals surface area contributed by atoms with Gasteiger partial charge in [-0.3, -0.25) is 4.98 Å². The maximum atomic E-state index is 6.16. The van der Waals surface area contributed by atoms with Gasteiger partial charge in [0.25, 0.3) is 0 Å². The number of nitrogens with zero attached hydrogens (tertiary/aromatic N) is 2. The lowest BCUT2D eigenvalue weighted by Gasteiger charge is -2.15. The number of hydrogen-bond acceptors (Lipinski definition) is 4. The quantitative estimate of drug-likeness (QED) is 0.770. The molecule has 0 aliphatic heterocycles. The molecule has 2 aromatic heterocycles. The Hall–Kier alpha value is -1.65. The molecule has 2 heterocycles. The van der Waals surface area contributed by atoms with Gasteiger partial charge in [0.15, 0.2) is 0 Å². The largest absolute Gasteiger partial charge is 0.376 e. The third kappa shape index (κ3) is 2.41. The number of aromatic nitrogens is 2. The van der Waals surface area contributed by atoms with Gasteiger partial charge in [-0.25, -0.2) is 4.98 Å². The predicted molar refractivity (Wildman–Crippen MR) is 80.9 cm³/mol. The van der Waals surface area contributed by atoms with Gasteiger partial charge >= 0.3 is 0 Å². The summed E-state index contributed by atoms with van der Waals surface area (Å²) >= 11 is 7.76. The normalized spacial score (nSPS) is 12.5. The van der Waals surface area contributed by atoms with Gasteiger partial charge in [0.2, 0.25) is 0 Å². The third-order valence-corrected chi connectivity index (χ3v) is 3.90. The van der Waals surface area contributed by atoms with Crippen LogP contribution in [0.15, 0.2) is 41.4 Å². The Balaban J connectivity index is 2.00. The molecule has 3 nitrogen and oxygen atoms in total. The van der Waals surface area contributed by atoms with Crippen molar-refractivity contribution in [3.8, 4) is 0 Å². The highest BCUT2D eigenvalue weighted by atomic mass is 35.5. The summed E-state index contributed by atoms with van der Waals surface area (Å²) in [7, 11) is 0. The molecule has 0 aliphatic carbocycles. The van der Waals surface area contributed by atoms with Crippen molar-refractivity contribution in [2.75, 3.05) is 5.32 Å². The van der Waals surface area contributed by atoms with E-state index in [1.807, 2.05) is 35.2 Å². The highest BCUT2D eigenvalue weighted by Gasteiger charge is 2.10. The molecule has 3 aromatic rings. The number of fused-ring (bicyclic) bond motifs is 1. The second-order valence-electron chi connectivity index (χ2n) is 4.27. The van der Waals surface area contributed by atoms with Gasteiger partial charge in [0, 0.05) is 22.7 Å². The van der Waals surface area contributed by atoms with Crippen LogP contribution in [0, 0.1) is 0 Å². The Morgan fingerprint density at radius 2 is 2.16 bits per heavy atom. The molecule has 96 valence electrons. The number of rotatable bonds is 3. The average Bonchev–Trinajstić information content (AvgIpc) is 2.96. The highest BCUT2D eigenvalue weighted by Crippen LogP contribution is 2.30. The summed E-state index contributed by atoms with van der Waals surface area (Å²) in [5, 5.41) is 7.20. The molecular formula is C14H12ClN3S. The Labute approximate surface area is 120 Å². The van der Waals surface area contributed by atoms with E-state index in [1.165, 1.54) is 0 Å². The van der Waals surface area contributed by atoms with Crippen LogP contribution in [0.2, 0.25) is 5.02 Å². The van der Waals surface area contributed by atoms with Gasteiger partial charge < -0.3 is 5.32 Å². The molecule has 0 fully saturated rings. The Morgan fingerprint density at radius 3 is 2.95 bits per heavy atom. The van der Waals surface area contributed by atoms with Crippen LogP contribution < -0.4 is 5.32 Å². The Bertz CT molecular complexity index is 697. The SMILES string of the molecule is CC(Nc1ccc(Cl)c2ncccc12)c1cscn1. The molecule has 0 radical (unpaired) electrons. The van der Waals surface area contributed by atoms with Gasteiger partial charge in [-0.1, -0.05) is 11.6 Å². The van der Waals surface area contributed by atoms with Crippen LogP contribution in [-0.4, -0.2) is 9.97 Å². The van der Waals surface area contributed by atoms with E-state index in [0.29, 0.717) is 5.02 Å². The summed E-state index contributed by atoms with van der Waals surface area (Å²) in [5.41, 5.74) is 4.72. The third-order valence-electron chi connectivity index (χ3n) is 2.99. The summed E-state index contributed by atoms with van der Waals surface area (Å²) < 4.78 is 0. The molecule has 0 spiro atoms. The summed E-state index contributed by atoms with van der Waals surface area (Å²) in [6.07, 6.45) is 1.75. The first-order valence-corrected chi connectivity index (χ1v) is 7.25.